The molecule has 0 amide bonds. The number of methoxy groups -OCH3 is 2. The van der Waals surface area contributed by atoms with Crippen molar-refractivity contribution in [2.45, 2.75) is 13.5 Å². The van der Waals surface area contributed by atoms with E-state index in [-0.39, 0.29) is 12.2 Å². The zero-order valence-electron chi connectivity index (χ0n) is 13.9. The first-order valence-electron chi connectivity index (χ1n) is 7.42. The molecule has 0 aliphatic carbocycles. The van der Waals surface area contributed by atoms with Crippen molar-refractivity contribution in [2.24, 2.45) is 0 Å². The average molecular weight is 332 g/mol. The molecule has 6 heteroatoms. The fourth-order valence-corrected chi connectivity index (χ4v) is 2.15. The number of aromatic carboxylic acids is 1. The molecule has 0 atom stereocenters. The highest BCUT2D eigenvalue weighted by atomic mass is 16.5. The van der Waals surface area contributed by atoms with E-state index in [4.69, 9.17) is 24.1 Å². The van der Waals surface area contributed by atoms with Gasteiger partial charge in [0.2, 0.25) is 5.75 Å². The first-order valence-corrected chi connectivity index (χ1v) is 7.42. The smallest absolute Gasteiger partial charge is 0.335 e. The van der Waals surface area contributed by atoms with E-state index in [1.807, 2.05) is 31.2 Å². The van der Waals surface area contributed by atoms with Crippen LogP contribution in [0.1, 0.15) is 22.8 Å². The Balaban J connectivity index is 2.20. The molecule has 0 aromatic heterocycles. The number of hydrogen-bond donors (Lipinski definition) is 1. The SMILES string of the molecule is CCOc1ccc(COc2c(OC)cc(C(=O)O)cc2OC)cc1. The zero-order chi connectivity index (χ0) is 17.5. The molecule has 0 aliphatic heterocycles. The van der Waals surface area contributed by atoms with Crippen LogP contribution in [0.15, 0.2) is 36.4 Å². The number of benzene rings is 2. The van der Waals surface area contributed by atoms with Crippen molar-refractivity contribution < 1.29 is 28.8 Å². The molecule has 128 valence electrons. The maximum absolute atomic E-state index is 11.1. The second kappa shape index (κ2) is 8.10. The molecule has 0 saturated heterocycles. The summed E-state index contributed by atoms with van der Waals surface area (Å²) in [5.41, 5.74) is 1.00. The molecule has 0 fully saturated rings. The lowest BCUT2D eigenvalue weighted by Crippen LogP contribution is -2.03. The Morgan fingerprint density at radius 2 is 1.58 bits per heavy atom. The van der Waals surface area contributed by atoms with Crippen LogP contribution in [0.4, 0.5) is 0 Å². The summed E-state index contributed by atoms with van der Waals surface area (Å²) >= 11 is 0. The molecule has 0 spiro atoms. The Bertz CT molecular complexity index is 668. The Morgan fingerprint density at radius 3 is 2.04 bits per heavy atom. The quantitative estimate of drug-likeness (QED) is 0.799. The summed E-state index contributed by atoms with van der Waals surface area (Å²) in [4.78, 5) is 11.1. The minimum Gasteiger partial charge on any atom is -0.494 e. The normalized spacial score (nSPS) is 10.1. The van der Waals surface area contributed by atoms with Crippen LogP contribution in [0.3, 0.4) is 0 Å². The van der Waals surface area contributed by atoms with Gasteiger partial charge in [0.05, 0.1) is 26.4 Å². The third-order valence-electron chi connectivity index (χ3n) is 3.33. The summed E-state index contributed by atoms with van der Waals surface area (Å²) < 4.78 is 21.6. The van der Waals surface area contributed by atoms with Gasteiger partial charge in [0.1, 0.15) is 12.4 Å². The number of carboxylic acids is 1. The van der Waals surface area contributed by atoms with Gasteiger partial charge < -0.3 is 24.1 Å². The van der Waals surface area contributed by atoms with Gasteiger partial charge in [0.15, 0.2) is 11.5 Å². The van der Waals surface area contributed by atoms with Gasteiger partial charge in [-0.15, -0.1) is 0 Å². The van der Waals surface area contributed by atoms with Crippen LogP contribution in [-0.4, -0.2) is 31.9 Å². The molecule has 2 rings (SSSR count). The third kappa shape index (κ3) is 4.10. The van der Waals surface area contributed by atoms with E-state index in [9.17, 15) is 4.79 Å². The van der Waals surface area contributed by atoms with Crippen molar-refractivity contribution in [3.63, 3.8) is 0 Å². The van der Waals surface area contributed by atoms with Gasteiger partial charge in [0.25, 0.3) is 0 Å². The molecule has 0 unspecified atom stereocenters. The van der Waals surface area contributed by atoms with Crippen molar-refractivity contribution in [1.82, 2.24) is 0 Å². The van der Waals surface area contributed by atoms with Crippen LogP contribution in [0, 0.1) is 0 Å². The predicted octanol–water partition coefficient (Wildman–Crippen LogP) is 3.38. The average Bonchev–Trinajstić information content (AvgIpc) is 2.60. The van der Waals surface area contributed by atoms with Crippen LogP contribution < -0.4 is 18.9 Å². The standard InChI is InChI=1S/C18H20O6/c1-4-23-14-7-5-12(6-8-14)11-24-17-15(21-2)9-13(18(19)20)10-16(17)22-3/h5-10H,4,11H2,1-3H3,(H,19,20). The summed E-state index contributed by atoms with van der Waals surface area (Å²) in [5, 5.41) is 9.13. The van der Waals surface area contributed by atoms with Crippen molar-refractivity contribution in [1.29, 1.82) is 0 Å². The van der Waals surface area contributed by atoms with Gasteiger partial charge >= 0.3 is 5.97 Å². The third-order valence-corrected chi connectivity index (χ3v) is 3.33. The molecule has 0 bridgehead atoms. The highest BCUT2D eigenvalue weighted by molar-refractivity contribution is 5.89. The van der Waals surface area contributed by atoms with E-state index in [1.165, 1.54) is 26.4 Å². The maximum Gasteiger partial charge on any atom is 0.335 e. The predicted molar refractivity (Wildman–Crippen MR) is 88.4 cm³/mol. The number of hydrogen-bond acceptors (Lipinski definition) is 5. The Labute approximate surface area is 140 Å². The van der Waals surface area contributed by atoms with Gasteiger partial charge in [-0.25, -0.2) is 4.79 Å². The van der Waals surface area contributed by atoms with Gasteiger partial charge in [-0.2, -0.15) is 0 Å². The number of ether oxygens (including phenoxy) is 4. The van der Waals surface area contributed by atoms with Crippen molar-refractivity contribution in [2.75, 3.05) is 20.8 Å². The topological polar surface area (TPSA) is 74.2 Å². The second-order valence-electron chi connectivity index (χ2n) is 4.88. The Hall–Kier alpha value is -2.89. The zero-order valence-corrected chi connectivity index (χ0v) is 13.9. The lowest BCUT2D eigenvalue weighted by Gasteiger charge is -2.15. The van der Waals surface area contributed by atoms with Crippen LogP contribution in [0.5, 0.6) is 23.0 Å². The van der Waals surface area contributed by atoms with E-state index < -0.39 is 5.97 Å². The molecule has 2 aromatic rings. The van der Waals surface area contributed by atoms with Gasteiger partial charge in [-0.1, -0.05) is 12.1 Å². The van der Waals surface area contributed by atoms with Gasteiger partial charge in [-0.05, 0) is 36.8 Å². The summed E-state index contributed by atoms with van der Waals surface area (Å²) in [6.07, 6.45) is 0. The van der Waals surface area contributed by atoms with E-state index in [0.29, 0.717) is 23.9 Å². The molecule has 6 nitrogen and oxygen atoms in total. The van der Waals surface area contributed by atoms with Crippen molar-refractivity contribution in [3.8, 4) is 23.0 Å². The first kappa shape index (κ1) is 17.5. The Kier molecular flexibility index (Phi) is 5.89. The fraction of sp³-hybridized carbons (Fsp3) is 0.278. The molecule has 0 saturated carbocycles. The minimum atomic E-state index is -1.07. The monoisotopic (exact) mass is 332 g/mol. The van der Waals surface area contributed by atoms with Crippen LogP contribution in [-0.2, 0) is 6.61 Å². The number of rotatable bonds is 8. The van der Waals surface area contributed by atoms with E-state index in [1.54, 1.807) is 0 Å². The molecule has 24 heavy (non-hydrogen) atoms. The molecule has 0 aliphatic rings. The largest absolute Gasteiger partial charge is 0.494 e. The molecule has 0 radical (unpaired) electrons. The highest BCUT2D eigenvalue weighted by Gasteiger charge is 2.17. The summed E-state index contributed by atoms with van der Waals surface area (Å²) in [6, 6.07) is 10.3. The van der Waals surface area contributed by atoms with Crippen LogP contribution in [0.2, 0.25) is 0 Å². The van der Waals surface area contributed by atoms with E-state index >= 15 is 0 Å². The van der Waals surface area contributed by atoms with Crippen LogP contribution >= 0.6 is 0 Å². The van der Waals surface area contributed by atoms with E-state index in [0.717, 1.165) is 11.3 Å². The van der Waals surface area contributed by atoms with Crippen LogP contribution in [0.25, 0.3) is 0 Å². The van der Waals surface area contributed by atoms with E-state index in [2.05, 4.69) is 0 Å². The highest BCUT2D eigenvalue weighted by Crippen LogP contribution is 2.39. The molecule has 1 N–H and O–H groups in total. The fourth-order valence-electron chi connectivity index (χ4n) is 2.15. The number of carboxylic acid groups (broad SMARTS) is 1. The molecule has 2 aromatic carbocycles. The molecular weight excluding hydrogens is 312 g/mol. The van der Waals surface area contributed by atoms with Gasteiger partial charge in [-0.3, -0.25) is 0 Å². The summed E-state index contributed by atoms with van der Waals surface area (Å²) in [7, 11) is 2.90. The lowest BCUT2D eigenvalue weighted by atomic mass is 10.2. The summed E-state index contributed by atoms with van der Waals surface area (Å²) in [5.74, 6) is 0.696. The molecule has 0 heterocycles. The summed E-state index contributed by atoms with van der Waals surface area (Å²) in [6.45, 7) is 2.82. The number of carbonyl (C=O) groups is 1. The van der Waals surface area contributed by atoms with Gasteiger partial charge in [0, 0.05) is 0 Å². The first-order chi connectivity index (χ1) is 11.6. The lowest BCUT2D eigenvalue weighted by molar-refractivity contribution is 0.0696. The minimum absolute atomic E-state index is 0.0668. The van der Waals surface area contributed by atoms with Crippen molar-refractivity contribution >= 4 is 5.97 Å². The molecular formula is C18H20O6. The Morgan fingerprint density at radius 1 is 1.00 bits per heavy atom. The van der Waals surface area contributed by atoms with Crippen molar-refractivity contribution in [3.05, 3.63) is 47.5 Å². The maximum atomic E-state index is 11.1. The second-order valence-corrected chi connectivity index (χ2v) is 4.88.